The van der Waals surface area contributed by atoms with Crippen LogP contribution >= 0.6 is 0 Å². The zero-order chi connectivity index (χ0) is 19.2. The largest absolute Gasteiger partial charge is 2.00 e. The van der Waals surface area contributed by atoms with Crippen LogP contribution in [-0.2, 0) is 4.74 Å². The molecule has 6 heteroatoms. The van der Waals surface area contributed by atoms with Crippen LogP contribution in [0.1, 0.15) is 26.4 Å². The van der Waals surface area contributed by atoms with E-state index < -0.39 is 11.9 Å². The Balaban J connectivity index is -0.000000512. The molecule has 0 radical (unpaired) electrons. The van der Waals surface area contributed by atoms with Crippen LogP contribution in [-0.4, -0.2) is 99.6 Å². The summed E-state index contributed by atoms with van der Waals surface area (Å²) in [6.45, 7) is 0. The van der Waals surface area contributed by atoms with E-state index in [1.807, 2.05) is 60.7 Å². The maximum absolute atomic E-state index is 12.5. The van der Waals surface area contributed by atoms with Crippen molar-refractivity contribution in [3.8, 4) is 0 Å². The van der Waals surface area contributed by atoms with Gasteiger partial charge < -0.3 is 15.5 Å². The predicted octanol–water partition coefficient (Wildman–Crippen LogP) is 4.29. The first-order valence-corrected chi connectivity index (χ1v) is 8.41. The molecule has 0 bridgehead atoms. The van der Waals surface area contributed by atoms with Gasteiger partial charge in [0.1, 0.15) is 0 Å². The first-order valence-electron chi connectivity index (χ1n) is 8.41. The Morgan fingerprint density at radius 2 is 0.966 bits per heavy atom. The van der Waals surface area contributed by atoms with Crippen LogP contribution in [0.25, 0.3) is 21.5 Å². The number of esters is 2. The molecule has 1 N–H and O–H groups in total. The Labute approximate surface area is 234 Å². The third kappa shape index (κ3) is 6.02. The SMILES string of the molecule is CO.O=C(OC(=O)c1cccc2ccccc12)c1cccc2ccccc12.[Ca+2].[Ca+2].[H-].[H-].[H-].[H-]. The molecule has 4 rings (SSSR count). The van der Waals surface area contributed by atoms with Crippen molar-refractivity contribution in [3.05, 3.63) is 96.1 Å². The van der Waals surface area contributed by atoms with E-state index in [1.54, 1.807) is 24.3 Å². The zero-order valence-corrected chi connectivity index (χ0v) is 20.6. The van der Waals surface area contributed by atoms with Crippen molar-refractivity contribution in [2.24, 2.45) is 0 Å². The van der Waals surface area contributed by atoms with Crippen LogP contribution in [0, 0.1) is 0 Å². The molecule has 0 aromatic heterocycles. The number of fused-ring (bicyclic) bond motifs is 2. The van der Waals surface area contributed by atoms with Crippen molar-refractivity contribution < 1.29 is 25.1 Å². The number of rotatable bonds is 2. The molecule has 4 aromatic rings. The van der Waals surface area contributed by atoms with Crippen molar-refractivity contribution in [1.82, 2.24) is 0 Å². The number of aliphatic hydroxyl groups is 1. The molecular weight excluding hydrogens is 420 g/mol. The van der Waals surface area contributed by atoms with Gasteiger partial charge in [-0.25, -0.2) is 9.59 Å². The average Bonchev–Trinajstić information content (AvgIpc) is 2.74. The molecule has 0 atom stereocenters. The molecule has 0 heterocycles. The van der Waals surface area contributed by atoms with Crippen molar-refractivity contribution in [3.63, 3.8) is 0 Å². The molecule has 0 amide bonds. The summed E-state index contributed by atoms with van der Waals surface area (Å²) in [7, 11) is 1.00. The number of carbonyl (C=O) groups excluding carboxylic acids is 2. The predicted molar refractivity (Wildman–Crippen MR) is 122 cm³/mol. The maximum Gasteiger partial charge on any atom is 2.00 e. The van der Waals surface area contributed by atoms with Gasteiger partial charge in [0.25, 0.3) is 0 Å². The fraction of sp³-hybridized carbons (Fsp3) is 0.0435. The van der Waals surface area contributed by atoms with E-state index in [9.17, 15) is 9.59 Å². The Bertz CT molecular complexity index is 1040. The van der Waals surface area contributed by atoms with Gasteiger partial charge in [-0.15, -0.1) is 0 Å². The molecule has 0 aliphatic rings. The standard InChI is InChI=1S/C22H14O3.CH4O.2Ca.4H/c23-21(19-13-5-9-15-7-1-3-11-17(15)19)25-22(24)20-14-6-10-16-8-2-4-12-18(16)20;1-2;;;;;;/h1-14H;2H,1H3;;;;;;/q;;2*+2;4*-1. The van der Waals surface area contributed by atoms with Gasteiger partial charge in [-0.2, -0.15) is 0 Å². The summed E-state index contributed by atoms with van der Waals surface area (Å²) in [4.78, 5) is 25.1. The van der Waals surface area contributed by atoms with Crippen molar-refractivity contribution in [2.45, 2.75) is 0 Å². The molecule has 0 spiro atoms. The number of aliphatic hydroxyl groups excluding tert-OH is 1. The van der Waals surface area contributed by atoms with Gasteiger partial charge in [-0.3, -0.25) is 0 Å². The summed E-state index contributed by atoms with van der Waals surface area (Å²) >= 11 is 0. The molecule has 0 fully saturated rings. The third-order valence-electron chi connectivity index (χ3n) is 4.20. The van der Waals surface area contributed by atoms with Crippen LogP contribution < -0.4 is 0 Å². The van der Waals surface area contributed by atoms with Gasteiger partial charge in [-0.05, 0) is 33.7 Å². The fourth-order valence-corrected chi connectivity index (χ4v) is 3.00. The van der Waals surface area contributed by atoms with Crippen LogP contribution in [0.5, 0.6) is 0 Å². The molecule has 142 valence electrons. The number of ether oxygens (including phenoxy) is 1. The fourth-order valence-electron chi connectivity index (χ4n) is 3.00. The number of carbonyl (C=O) groups is 2. The van der Waals surface area contributed by atoms with E-state index >= 15 is 0 Å². The van der Waals surface area contributed by atoms with E-state index in [1.165, 1.54) is 0 Å². The van der Waals surface area contributed by atoms with E-state index in [0.29, 0.717) is 11.1 Å². The average molecular weight is 443 g/mol. The summed E-state index contributed by atoms with van der Waals surface area (Å²) in [5.74, 6) is -1.29. The molecule has 0 aliphatic carbocycles. The molecular formula is C23H22Ca2O4. The van der Waals surface area contributed by atoms with E-state index in [4.69, 9.17) is 9.84 Å². The number of benzene rings is 4. The monoisotopic (exact) mass is 442 g/mol. The number of hydrogen-bond acceptors (Lipinski definition) is 4. The van der Waals surface area contributed by atoms with Crippen LogP contribution in [0.3, 0.4) is 0 Å². The minimum atomic E-state index is -0.644. The summed E-state index contributed by atoms with van der Waals surface area (Å²) in [5, 5.41) is 10.4. The summed E-state index contributed by atoms with van der Waals surface area (Å²) < 4.78 is 5.16. The quantitative estimate of drug-likeness (QED) is 0.286. The minimum Gasteiger partial charge on any atom is -1.00 e. The molecule has 0 unspecified atom stereocenters. The summed E-state index contributed by atoms with van der Waals surface area (Å²) in [6, 6.07) is 25.7. The van der Waals surface area contributed by atoms with Gasteiger partial charge in [0.2, 0.25) is 0 Å². The molecule has 0 saturated heterocycles. The van der Waals surface area contributed by atoms with Crippen LogP contribution in [0.2, 0.25) is 0 Å². The Morgan fingerprint density at radius 3 is 1.38 bits per heavy atom. The van der Waals surface area contributed by atoms with Gasteiger partial charge in [0.15, 0.2) is 0 Å². The summed E-state index contributed by atoms with van der Waals surface area (Å²) in [5.41, 5.74) is 0.762. The van der Waals surface area contributed by atoms with Gasteiger partial charge in [0, 0.05) is 7.11 Å². The minimum absolute atomic E-state index is 0. The second kappa shape index (κ2) is 12.7. The number of hydrogen-bond donors (Lipinski definition) is 1. The molecule has 4 aromatic carbocycles. The Kier molecular flexibility index (Phi) is 11.4. The summed E-state index contributed by atoms with van der Waals surface area (Å²) in [6.07, 6.45) is 0. The second-order valence-corrected chi connectivity index (χ2v) is 5.73. The smallest absolute Gasteiger partial charge is 1.00 e. The van der Waals surface area contributed by atoms with E-state index in [2.05, 4.69) is 0 Å². The normalized spacial score (nSPS) is 9.45. The molecule has 29 heavy (non-hydrogen) atoms. The van der Waals surface area contributed by atoms with Gasteiger partial charge >= 0.3 is 87.4 Å². The molecule has 0 saturated carbocycles. The topological polar surface area (TPSA) is 63.6 Å². The first kappa shape index (κ1) is 26.1. The van der Waals surface area contributed by atoms with Gasteiger partial charge in [-0.1, -0.05) is 72.8 Å². The Hall–Kier alpha value is -0.981. The zero-order valence-electron chi connectivity index (χ0n) is 20.2. The Morgan fingerprint density at radius 1 is 0.621 bits per heavy atom. The molecule has 4 nitrogen and oxygen atoms in total. The maximum atomic E-state index is 12.5. The van der Waals surface area contributed by atoms with Crippen LogP contribution in [0.15, 0.2) is 84.9 Å². The van der Waals surface area contributed by atoms with Crippen molar-refractivity contribution in [1.29, 1.82) is 0 Å². The van der Waals surface area contributed by atoms with Crippen molar-refractivity contribution >= 4 is 109 Å². The van der Waals surface area contributed by atoms with E-state index in [-0.39, 0.29) is 81.2 Å². The van der Waals surface area contributed by atoms with E-state index in [0.717, 1.165) is 28.7 Å². The molecule has 0 aliphatic heterocycles. The van der Waals surface area contributed by atoms with Gasteiger partial charge in [0.05, 0.1) is 11.1 Å². The van der Waals surface area contributed by atoms with Crippen molar-refractivity contribution in [2.75, 3.05) is 7.11 Å². The second-order valence-electron chi connectivity index (χ2n) is 5.73. The third-order valence-corrected chi connectivity index (χ3v) is 4.20. The first-order chi connectivity index (χ1) is 13.2. The van der Waals surface area contributed by atoms with Crippen LogP contribution in [0.4, 0.5) is 0 Å².